The van der Waals surface area contributed by atoms with E-state index < -0.39 is 10.0 Å². The Balaban J connectivity index is 1.52. The van der Waals surface area contributed by atoms with E-state index in [1.807, 2.05) is 12.1 Å². The van der Waals surface area contributed by atoms with E-state index in [0.717, 1.165) is 37.1 Å². The van der Waals surface area contributed by atoms with Crippen LogP contribution in [-0.2, 0) is 10.0 Å². The molecule has 33 heavy (non-hydrogen) atoms. The number of ketones is 1. The highest BCUT2D eigenvalue weighted by atomic mass is 32.2. The van der Waals surface area contributed by atoms with Crippen molar-refractivity contribution < 1.29 is 13.2 Å². The normalized spacial score (nSPS) is 21.8. The smallest absolute Gasteiger partial charge is 0.283 e. The predicted molar refractivity (Wildman–Crippen MR) is 130 cm³/mol. The first-order valence-corrected chi connectivity index (χ1v) is 13.7. The van der Waals surface area contributed by atoms with Gasteiger partial charge in [0, 0.05) is 40.1 Å². The molecule has 172 valence electrons. The molecule has 0 radical (unpaired) electrons. The van der Waals surface area contributed by atoms with Crippen molar-refractivity contribution in [2.75, 3.05) is 10.6 Å². The summed E-state index contributed by atoms with van der Waals surface area (Å²) in [5.41, 5.74) is 4.13. The Morgan fingerprint density at radius 2 is 1.30 bits per heavy atom. The number of nitrogens with zero attached hydrogens (tertiary/aromatic N) is 1. The van der Waals surface area contributed by atoms with Crippen LogP contribution in [-0.4, -0.2) is 32.0 Å². The van der Waals surface area contributed by atoms with Gasteiger partial charge in [-0.2, -0.15) is 12.8 Å². The lowest BCUT2D eigenvalue weighted by Crippen LogP contribution is -2.29. The first-order chi connectivity index (χ1) is 16.0. The van der Waals surface area contributed by atoms with E-state index >= 15 is 0 Å². The molecule has 1 heterocycles. The molecule has 1 aliphatic heterocycles. The Hall–Kier alpha value is -2.67. The summed E-state index contributed by atoms with van der Waals surface area (Å²) >= 11 is 0. The van der Waals surface area contributed by atoms with Gasteiger partial charge in [-0.3, -0.25) is 4.79 Å². The molecule has 6 nitrogen and oxygen atoms in total. The molecule has 2 N–H and O–H groups in total. The second-order valence-corrected chi connectivity index (χ2v) is 11.4. The van der Waals surface area contributed by atoms with Crippen molar-refractivity contribution in [3.05, 3.63) is 52.6 Å². The molecule has 0 aromatic heterocycles. The summed E-state index contributed by atoms with van der Waals surface area (Å²) in [7, 11) is -3.82. The summed E-state index contributed by atoms with van der Waals surface area (Å²) in [5, 5.41) is 7.28. The molecule has 0 bridgehead atoms. The number of nitrogens with one attached hydrogen (secondary N) is 2. The molecule has 2 aromatic carbocycles. The number of hydrogen-bond donors (Lipinski definition) is 2. The fourth-order valence-electron chi connectivity index (χ4n) is 5.96. The largest absolute Gasteiger partial charge is 0.382 e. The van der Waals surface area contributed by atoms with Crippen LogP contribution in [0, 0.1) is 0 Å². The molecular weight excluding hydrogens is 434 g/mol. The van der Waals surface area contributed by atoms with Crippen LogP contribution in [0.3, 0.4) is 0 Å². The summed E-state index contributed by atoms with van der Waals surface area (Å²) in [6.07, 6.45) is 11.6. The monoisotopic (exact) mass is 463 g/mol. The summed E-state index contributed by atoms with van der Waals surface area (Å²) in [5.74, 6) is -0.122. The SMILES string of the molecule is O=C1c2cccc3c2C(=NS3(=O)=O)c2c(NC3CCCCC3)ccc(NC3CCCCC3)c21. The lowest BCUT2D eigenvalue weighted by molar-refractivity contribution is 0.103. The zero-order chi connectivity index (χ0) is 22.6. The maximum atomic E-state index is 13.8. The van der Waals surface area contributed by atoms with Gasteiger partial charge in [0.2, 0.25) is 0 Å². The maximum absolute atomic E-state index is 13.8. The molecule has 2 saturated carbocycles. The van der Waals surface area contributed by atoms with E-state index in [4.69, 9.17) is 0 Å². The fraction of sp³-hybridized carbons (Fsp3) is 0.462. The maximum Gasteiger partial charge on any atom is 0.283 e. The molecular formula is C26H29N3O3S. The molecule has 4 aliphatic rings. The lowest BCUT2D eigenvalue weighted by Gasteiger charge is -2.30. The number of fused-ring (bicyclic) bond motifs is 2. The Morgan fingerprint density at radius 1 is 0.727 bits per heavy atom. The van der Waals surface area contributed by atoms with E-state index in [1.54, 1.807) is 18.2 Å². The van der Waals surface area contributed by atoms with Gasteiger partial charge in [0.05, 0.1) is 16.2 Å². The Bertz CT molecular complexity index is 1270. The Kier molecular flexibility index (Phi) is 5.05. The zero-order valence-electron chi connectivity index (χ0n) is 18.7. The summed E-state index contributed by atoms with van der Waals surface area (Å²) in [6, 6.07) is 9.58. The van der Waals surface area contributed by atoms with Gasteiger partial charge in [-0.25, -0.2) is 0 Å². The van der Waals surface area contributed by atoms with E-state index in [1.165, 1.54) is 38.5 Å². The molecule has 6 rings (SSSR count). The van der Waals surface area contributed by atoms with Crippen molar-refractivity contribution in [2.45, 2.75) is 81.2 Å². The van der Waals surface area contributed by atoms with Crippen LogP contribution >= 0.6 is 0 Å². The second-order valence-electron chi connectivity index (χ2n) is 9.79. The van der Waals surface area contributed by atoms with Crippen molar-refractivity contribution in [3.63, 3.8) is 0 Å². The highest BCUT2D eigenvalue weighted by Crippen LogP contribution is 2.43. The highest BCUT2D eigenvalue weighted by molar-refractivity contribution is 7.90. The van der Waals surface area contributed by atoms with Crippen LogP contribution in [0.1, 0.15) is 91.3 Å². The number of hydrogen-bond acceptors (Lipinski definition) is 5. The van der Waals surface area contributed by atoms with Gasteiger partial charge in [0.25, 0.3) is 10.0 Å². The third-order valence-electron chi connectivity index (χ3n) is 7.60. The molecule has 0 atom stereocenters. The first kappa shape index (κ1) is 20.9. The van der Waals surface area contributed by atoms with Gasteiger partial charge in [-0.1, -0.05) is 50.7 Å². The minimum atomic E-state index is -3.82. The average molecular weight is 464 g/mol. The summed E-state index contributed by atoms with van der Waals surface area (Å²) in [4.78, 5) is 14.0. The van der Waals surface area contributed by atoms with Crippen molar-refractivity contribution in [2.24, 2.45) is 4.40 Å². The number of anilines is 2. The van der Waals surface area contributed by atoms with Gasteiger partial charge in [0.15, 0.2) is 5.78 Å². The molecule has 2 aromatic rings. The van der Waals surface area contributed by atoms with Crippen LogP contribution in [0.5, 0.6) is 0 Å². The third kappa shape index (κ3) is 3.48. The van der Waals surface area contributed by atoms with Crippen molar-refractivity contribution >= 4 is 32.9 Å². The molecule has 0 saturated heterocycles. The molecule has 2 fully saturated rings. The van der Waals surface area contributed by atoms with Crippen LogP contribution in [0.4, 0.5) is 11.4 Å². The molecule has 3 aliphatic carbocycles. The van der Waals surface area contributed by atoms with Gasteiger partial charge in [-0.15, -0.1) is 0 Å². The molecule has 0 amide bonds. The van der Waals surface area contributed by atoms with Crippen molar-refractivity contribution in [1.29, 1.82) is 0 Å². The lowest BCUT2D eigenvalue weighted by atomic mass is 9.81. The summed E-state index contributed by atoms with van der Waals surface area (Å²) in [6.45, 7) is 0. The minimum absolute atomic E-state index is 0.122. The number of sulfonamides is 1. The van der Waals surface area contributed by atoms with E-state index in [-0.39, 0.29) is 10.7 Å². The van der Waals surface area contributed by atoms with Gasteiger partial charge in [0.1, 0.15) is 0 Å². The molecule has 0 spiro atoms. The van der Waals surface area contributed by atoms with Crippen LogP contribution < -0.4 is 10.6 Å². The Labute approximate surface area is 194 Å². The number of benzene rings is 2. The van der Waals surface area contributed by atoms with Crippen LogP contribution in [0.2, 0.25) is 0 Å². The zero-order valence-corrected chi connectivity index (χ0v) is 19.5. The Morgan fingerprint density at radius 3 is 1.91 bits per heavy atom. The van der Waals surface area contributed by atoms with Gasteiger partial charge < -0.3 is 10.6 Å². The predicted octanol–water partition coefficient (Wildman–Crippen LogP) is 5.26. The molecule has 0 unspecified atom stereocenters. The number of rotatable bonds is 4. The highest BCUT2D eigenvalue weighted by Gasteiger charge is 2.41. The van der Waals surface area contributed by atoms with E-state index in [0.29, 0.717) is 40.0 Å². The fourth-order valence-corrected chi connectivity index (χ4v) is 7.19. The topological polar surface area (TPSA) is 87.6 Å². The first-order valence-electron chi connectivity index (χ1n) is 12.3. The third-order valence-corrected chi connectivity index (χ3v) is 8.91. The quantitative estimate of drug-likeness (QED) is 0.551. The van der Waals surface area contributed by atoms with Crippen molar-refractivity contribution in [1.82, 2.24) is 0 Å². The second kappa shape index (κ2) is 7.97. The van der Waals surface area contributed by atoms with E-state index in [2.05, 4.69) is 15.0 Å². The standard InChI is InChI=1S/C26H29N3O3S/c30-26-18-12-7-13-21-22(18)25(29-33(21,31)32)23-19(27-16-8-3-1-4-9-16)14-15-20(24(23)26)28-17-10-5-2-6-11-17/h7,12-17,27-28H,1-6,8-11H2. The van der Waals surface area contributed by atoms with Crippen LogP contribution in [0.25, 0.3) is 0 Å². The molecule has 7 heteroatoms. The summed E-state index contributed by atoms with van der Waals surface area (Å²) < 4.78 is 30.0. The minimum Gasteiger partial charge on any atom is -0.382 e. The van der Waals surface area contributed by atoms with Crippen LogP contribution in [0.15, 0.2) is 39.6 Å². The number of carbonyl (C=O) groups excluding carboxylic acids is 1. The van der Waals surface area contributed by atoms with Gasteiger partial charge in [-0.05, 0) is 43.9 Å². The average Bonchev–Trinajstić information content (AvgIpc) is 3.11. The van der Waals surface area contributed by atoms with E-state index in [9.17, 15) is 13.2 Å². The number of carbonyl (C=O) groups is 1. The van der Waals surface area contributed by atoms with Gasteiger partial charge >= 0.3 is 0 Å². The van der Waals surface area contributed by atoms with Crippen molar-refractivity contribution in [3.8, 4) is 0 Å².